The van der Waals surface area contributed by atoms with Crippen molar-refractivity contribution in [2.75, 3.05) is 39.5 Å². The number of aliphatic hydroxyl groups is 1. The van der Waals surface area contributed by atoms with Gasteiger partial charge in [0.25, 0.3) is 0 Å². The molecule has 0 spiro atoms. The van der Waals surface area contributed by atoms with Gasteiger partial charge in [-0.1, -0.05) is 12.1 Å². The molecule has 5 heteroatoms. The van der Waals surface area contributed by atoms with Gasteiger partial charge in [-0.3, -0.25) is 0 Å². The van der Waals surface area contributed by atoms with Gasteiger partial charge in [0.05, 0.1) is 24.2 Å². The van der Waals surface area contributed by atoms with E-state index in [-0.39, 0.29) is 6.10 Å². The van der Waals surface area contributed by atoms with Crippen molar-refractivity contribution in [3.63, 3.8) is 0 Å². The number of hydrogen-bond donors (Lipinski definition) is 1. The fraction of sp³-hybridized carbons (Fsp3) is 0.650. The lowest BCUT2D eigenvalue weighted by atomic mass is 9.75. The van der Waals surface area contributed by atoms with Crippen LogP contribution in [0.15, 0.2) is 24.3 Å². The standard InChI is InChI=1S/C20H28N2O3/c21-16-20(8-14-24-15-9-20)17-2-4-19(5-3-17)25-13-1-10-22-11-6-18(23)7-12-22/h2-5,18,23H,1,6-15H2. The second-order valence-electron chi connectivity index (χ2n) is 7.11. The Morgan fingerprint density at radius 2 is 1.88 bits per heavy atom. The van der Waals surface area contributed by atoms with E-state index in [9.17, 15) is 10.4 Å². The largest absolute Gasteiger partial charge is 0.494 e. The van der Waals surface area contributed by atoms with Crippen molar-refractivity contribution in [2.24, 2.45) is 0 Å². The summed E-state index contributed by atoms with van der Waals surface area (Å²) in [5, 5.41) is 19.1. The fourth-order valence-corrected chi connectivity index (χ4v) is 3.68. The van der Waals surface area contributed by atoms with Gasteiger partial charge in [-0.2, -0.15) is 5.26 Å². The summed E-state index contributed by atoms with van der Waals surface area (Å²) in [6.07, 6.45) is 4.15. The Bertz CT molecular complexity index is 568. The highest BCUT2D eigenvalue weighted by molar-refractivity contribution is 5.37. The molecule has 1 N–H and O–H groups in total. The van der Waals surface area contributed by atoms with E-state index in [1.54, 1.807) is 0 Å². The van der Waals surface area contributed by atoms with E-state index in [1.165, 1.54) is 0 Å². The summed E-state index contributed by atoms with van der Waals surface area (Å²) in [6.45, 7) is 4.97. The van der Waals surface area contributed by atoms with Crippen LogP contribution in [0.1, 0.15) is 37.7 Å². The summed E-state index contributed by atoms with van der Waals surface area (Å²) in [5.41, 5.74) is 0.660. The van der Waals surface area contributed by atoms with Gasteiger partial charge in [-0.15, -0.1) is 0 Å². The Morgan fingerprint density at radius 3 is 2.52 bits per heavy atom. The number of benzene rings is 1. The summed E-state index contributed by atoms with van der Waals surface area (Å²) >= 11 is 0. The van der Waals surface area contributed by atoms with Crippen LogP contribution in [0.4, 0.5) is 0 Å². The molecule has 0 radical (unpaired) electrons. The molecule has 0 aromatic heterocycles. The minimum absolute atomic E-state index is 0.113. The van der Waals surface area contributed by atoms with Gasteiger partial charge in [0.1, 0.15) is 5.75 Å². The zero-order valence-corrected chi connectivity index (χ0v) is 14.8. The minimum atomic E-state index is -0.407. The van der Waals surface area contributed by atoms with Gasteiger partial charge >= 0.3 is 0 Å². The van der Waals surface area contributed by atoms with Gasteiger partial charge in [-0.05, 0) is 49.8 Å². The number of rotatable bonds is 6. The topological polar surface area (TPSA) is 65.7 Å². The van der Waals surface area contributed by atoms with Crippen molar-refractivity contribution in [2.45, 2.75) is 43.6 Å². The third-order valence-corrected chi connectivity index (χ3v) is 5.41. The van der Waals surface area contributed by atoms with Crippen molar-refractivity contribution >= 4 is 0 Å². The van der Waals surface area contributed by atoms with E-state index in [2.05, 4.69) is 11.0 Å². The Balaban J connectivity index is 1.44. The van der Waals surface area contributed by atoms with Crippen molar-refractivity contribution in [3.8, 4) is 11.8 Å². The third kappa shape index (κ3) is 4.72. The molecule has 0 amide bonds. The molecular weight excluding hydrogens is 316 g/mol. The van der Waals surface area contributed by atoms with E-state index in [0.717, 1.165) is 63.1 Å². The second-order valence-corrected chi connectivity index (χ2v) is 7.11. The Labute approximate surface area is 150 Å². The molecule has 3 rings (SSSR count). The predicted octanol–water partition coefficient (Wildman–Crippen LogP) is 2.48. The monoisotopic (exact) mass is 344 g/mol. The Morgan fingerprint density at radius 1 is 1.20 bits per heavy atom. The highest BCUT2D eigenvalue weighted by atomic mass is 16.5. The quantitative estimate of drug-likeness (QED) is 0.803. The molecule has 25 heavy (non-hydrogen) atoms. The first-order valence-electron chi connectivity index (χ1n) is 9.35. The molecule has 2 aliphatic heterocycles. The van der Waals surface area contributed by atoms with Gasteiger partial charge in [0.15, 0.2) is 0 Å². The molecule has 0 unspecified atom stereocenters. The Kier molecular flexibility index (Phi) is 6.30. The van der Waals surface area contributed by atoms with Crippen LogP contribution in [-0.4, -0.2) is 55.6 Å². The molecule has 2 fully saturated rings. The SMILES string of the molecule is N#CC1(c2ccc(OCCCN3CCC(O)CC3)cc2)CCOCC1. The van der Waals surface area contributed by atoms with Crippen molar-refractivity contribution in [1.29, 1.82) is 5.26 Å². The summed E-state index contributed by atoms with van der Waals surface area (Å²) in [5.74, 6) is 0.859. The molecule has 0 bridgehead atoms. The van der Waals surface area contributed by atoms with Crippen LogP contribution >= 0.6 is 0 Å². The molecule has 0 atom stereocenters. The van der Waals surface area contributed by atoms with E-state index >= 15 is 0 Å². The molecule has 0 saturated carbocycles. The average molecular weight is 344 g/mol. The average Bonchev–Trinajstić information content (AvgIpc) is 2.67. The van der Waals surface area contributed by atoms with Gasteiger partial charge < -0.3 is 19.5 Å². The zero-order chi connectivity index (χ0) is 17.5. The molecule has 136 valence electrons. The molecule has 2 heterocycles. The summed E-state index contributed by atoms with van der Waals surface area (Å²) in [7, 11) is 0. The molecule has 5 nitrogen and oxygen atoms in total. The summed E-state index contributed by atoms with van der Waals surface area (Å²) in [6, 6.07) is 10.5. The summed E-state index contributed by atoms with van der Waals surface area (Å²) < 4.78 is 11.2. The number of nitrogens with zero attached hydrogens (tertiary/aromatic N) is 2. The number of aliphatic hydroxyl groups excluding tert-OH is 1. The third-order valence-electron chi connectivity index (χ3n) is 5.41. The maximum absolute atomic E-state index is 9.62. The van der Waals surface area contributed by atoms with Crippen molar-refractivity contribution < 1.29 is 14.6 Å². The van der Waals surface area contributed by atoms with Crippen LogP contribution in [-0.2, 0) is 10.2 Å². The first-order chi connectivity index (χ1) is 12.2. The van der Waals surface area contributed by atoms with Crippen LogP contribution < -0.4 is 4.74 Å². The van der Waals surface area contributed by atoms with Crippen LogP contribution in [0.25, 0.3) is 0 Å². The molecule has 1 aromatic carbocycles. The second kappa shape index (κ2) is 8.66. The number of ether oxygens (including phenoxy) is 2. The number of nitriles is 1. The number of piperidine rings is 1. The molecule has 2 saturated heterocycles. The molecule has 0 aliphatic carbocycles. The smallest absolute Gasteiger partial charge is 0.119 e. The first-order valence-corrected chi connectivity index (χ1v) is 9.35. The van der Waals surface area contributed by atoms with Crippen LogP contribution in [0, 0.1) is 11.3 Å². The van der Waals surface area contributed by atoms with Gasteiger partial charge in [0.2, 0.25) is 0 Å². The zero-order valence-electron chi connectivity index (χ0n) is 14.8. The molecule has 2 aliphatic rings. The predicted molar refractivity (Wildman–Crippen MR) is 95.6 cm³/mol. The van der Waals surface area contributed by atoms with E-state index < -0.39 is 5.41 Å². The minimum Gasteiger partial charge on any atom is -0.494 e. The first kappa shape index (κ1) is 18.2. The normalized spacial score (nSPS) is 21.6. The van der Waals surface area contributed by atoms with E-state index in [1.807, 2.05) is 24.3 Å². The van der Waals surface area contributed by atoms with Crippen LogP contribution in [0.3, 0.4) is 0 Å². The highest BCUT2D eigenvalue weighted by Gasteiger charge is 2.34. The van der Waals surface area contributed by atoms with E-state index in [0.29, 0.717) is 19.8 Å². The highest BCUT2D eigenvalue weighted by Crippen LogP contribution is 2.34. The lowest BCUT2D eigenvalue weighted by Gasteiger charge is -2.31. The van der Waals surface area contributed by atoms with E-state index in [4.69, 9.17) is 9.47 Å². The summed E-state index contributed by atoms with van der Waals surface area (Å²) in [4.78, 5) is 2.39. The Hall–Kier alpha value is -1.61. The van der Waals surface area contributed by atoms with Crippen molar-refractivity contribution in [1.82, 2.24) is 4.90 Å². The van der Waals surface area contributed by atoms with Crippen LogP contribution in [0.2, 0.25) is 0 Å². The van der Waals surface area contributed by atoms with Crippen LogP contribution in [0.5, 0.6) is 5.75 Å². The van der Waals surface area contributed by atoms with Gasteiger partial charge in [0, 0.05) is 32.8 Å². The lowest BCUT2D eigenvalue weighted by molar-refractivity contribution is 0.0675. The maximum atomic E-state index is 9.62. The molecule has 1 aromatic rings. The maximum Gasteiger partial charge on any atom is 0.119 e. The lowest BCUT2D eigenvalue weighted by Crippen LogP contribution is -2.36. The fourth-order valence-electron chi connectivity index (χ4n) is 3.68. The number of hydrogen-bond acceptors (Lipinski definition) is 5. The molecular formula is C20H28N2O3. The number of likely N-dealkylation sites (tertiary alicyclic amines) is 1. The van der Waals surface area contributed by atoms with Crippen molar-refractivity contribution in [3.05, 3.63) is 29.8 Å². The van der Waals surface area contributed by atoms with Gasteiger partial charge in [-0.25, -0.2) is 0 Å².